The molecule has 2 amide bonds. The van der Waals surface area contributed by atoms with Crippen molar-refractivity contribution in [2.45, 2.75) is 4.94 Å². The minimum absolute atomic E-state index is 0. The van der Waals surface area contributed by atoms with E-state index in [1.165, 1.54) is 3.58 Å². The van der Waals surface area contributed by atoms with E-state index in [1.807, 2.05) is 75.6 Å². The van der Waals surface area contributed by atoms with E-state index in [0.717, 1.165) is 27.8 Å². The molecule has 9 heteroatoms. The molecule has 0 fully saturated rings. The molecular weight excluding hydrogens is 629 g/mol. The molecule has 176 valence electrons. The fraction of sp³-hybridized carbons (Fsp3) is 0.391. The zero-order chi connectivity index (χ0) is 23.2. The molecule has 32 heavy (non-hydrogen) atoms. The summed E-state index contributed by atoms with van der Waals surface area (Å²) in [6.07, 6.45) is 0. The van der Waals surface area contributed by atoms with Crippen molar-refractivity contribution in [3.63, 3.8) is 0 Å². The second-order valence-corrected chi connectivity index (χ2v) is 11.8. The molecule has 0 atom stereocenters. The molecule has 0 aliphatic heterocycles. The number of benzene rings is 2. The fourth-order valence-corrected chi connectivity index (χ4v) is 4.59. The Labute approximate surface area is 215 Å². The second-order valence-electron chi connectivity index (χ2n) is 7.46. The average molecular weight is 663 g/mol. The summed E-state index contributed by atoms with van der Waals surface area (Å²) in [5.74, 6) is 0.0342. The Kier molecular flexibility index (Phi) is 16.6. The summed E-state index contributed by atoms with van der Waals surface area (Å²) in [6, 6.07) is 15.6. The van der Waals surface area contributed by atoms with Gasteiger partial charge in [-0.25, -0.2) is 0 Å². The van der Waals surface area contributed by atoms with E-state index >= 15 is 0 Å². The third-order valence-corrected chi connectivity index (χ3v) is 7.40. The van der Waals surface area contributed by atoms with Crippen molar-refractivity contribution in [2.75, 3.05) is 54.4 Å². The first-order chi connectivity index (χ1) is 14.7. The van der Waals surface area contributed by atoms with Gasteiger partial charge in [-0.15, -0.1) is 0 Å². The summed E-state index contributed by atoms with van der Waals surface area (Å²) in [5.41, 5.74) is 1.51. The van der Waals surface area contributed by atoms with Gasteiger partial charge < -0.3 is 10.2 Å². The molecule has 0 saturated carbocycles. The van der Waals surface area contributed by atoms with Crippen LogP contribution in [0.1, 0.15) is 20.7 Å². The van der Waals surface area contributed by atoms with Crippen LogP contribution in [0.4, 0.5) is 4.70 Å². The number of hydrogen-bond donors (Lipinski definition) is 2. The number of rotatable bonds is 9. The van der Waals surface area contributed by atoms with Gasteiger partial charge in [0.1, 0.15) is 0 Å². The quantitative estimate of drug-likeness (QED) is 0.319. The summed E-state index contributed by atoms with van der Waals surface area (Å²) in [7, 11) is 7.96. The van der Waals surface area contributed by atoms with Crippen molar-refractivity contribution in [1.82, 2.24) is 20.4 Å². The number of halogens is 2. The Morgan fingerprint density at radius 3 is 1.75 bits per heavy atom. The summed E-state index contributed by atoms with van der Waals surface area (Å²) >= 11 is 1.76. The van der Waals surface area contributed by atoms with Crippen molar-refractivity contribution >= 4 is 59.1 Å². The summed E-state index contributed by atoms with van der Waals surface area (Å²) in [6.45, 7) is 3.10. The van der Waals surface area contributed by atoms with E-state index in [4.69, 9.17) is 0 Å². The molecule has 2 rings (SSSR count). The van der Waals surface area contributed by atoms with Gasteiger partial charge in [0.25, 0.3) is 5.91 Å². The molecule has 0 spiro atoms. The molecule has 0 aliphatic rings. The van der Waals surface area contributed by atoms with E-state index in [0.29, 0.717) is 13.1 Å². The Morgan fingerprint density at radius 1 is 0.844 bits per heavy atom. The van der Waals surface area contributed by atoms with E-state index in [1.54, 1.807) is 0 Å². The third kappa shape index (κ3) is 13.3. The van der Waals surface area contributed by atoms with Crippen LogP contribution in [0.15, 0.2) is 48.5 Å². The Morgan fingerprint density at radius 2 is 1.31 bits per heavy atom. The van der Waals surface area contributed by atoms with Gasteiger partial charge >= 0.3 is 108 Å². The zero-order valence-electron chi connectivity index (χ0n) is 19.4. The topological polar surface area (TPSA) is 64.7 Å². The maximum atomic E-state index is 11.8. The van der Waals surface area contributed by atoms with Gasteiger partial charge in [0, 0.05) is 22.2 Å². The summed E-state index contributed by atoms with van der Waals surface area (Å²) < 4.78 is 2.44. The SMILES string of the molecule is CN(C)CCNC(=O)c1cccc(I)c1.F.[CH3][Sn][c]1cccc(C(=O)NCCN(C)C)c1. The second kappa shape index (κ2) is 17.3. The van der Waals surface area contributed by atoms with Crippen LogP contribution in [0.3, 0.4) is 0 Å². The van der Waals surface area contributed by atoms with Crippen LogP contribution in [0, 0.1) is 3.57 Å². The fourth-order valence-electron chi connectivity index (χ4n) is 2.44. The van der Waals surface area contributed by atoms with Gasteiger partial charge in [0.05, 0.1) is 0 Å². The first kappa shape index (κ1) is 30.8. The number of hydrogen-bond acceptors (Lipinski definition) is 4. The predicted molar refractivity (Wildman–Crippen MR) is 141 cm³/mol. The number of nitrogens with zero attached hydrogens (tertiary/aromatic N) is 2. The van der Waals surface area contributed by atoms with Crippen LogP contribution in [0.2, 0.25) is 4.94 Å². The van der Waals surface area contributed by atoms with Crippen LogP contribution in [-0.4, -0.2) is 97.1 Å². The average Bonchev–Trinajstić information content (AvgIpc) is 2.73. The molecule has 0 aromatic heterocycles. The summed E-state index contributed by atoms with van der Waals surface area (Å²) in [4.78, 5) is 29.8. The van der Waals surface area contributed by atoms with Crippen LogP contribution in [0.5, 0.6) is 0 Å². The predicted octanol–water partition coefficient (Wildman–Crippen LogP) is 2.09. The Hall–Kier alpha value is -1.24. The number of likely N-dealkylation sites (N-methyl/N-ethyl adjacent to an activating group) is 2. The van der Waals surface area contributed by atoms with Gasteiger partial charge in [-0.2, -0.15) is 0 Å². The molecule has 0 bridgehead atoms. The molecular formula is C23H34FIN4O2Sn. The maximum absolute atomic E-state index is 11.8. The third-order valence-electron chi connectivity index (χ3n) is 4.19. The first-order valence-corrected chi connectivity index (χ1v) is 15.5. The number of nitrogens with one attached hydrogen (secondary N) is 2. The van der Waals surface area contributed by atoms with Gasteiger partial charge in [-0.1, -0.05) is 6.07 Å². The van der Waals surface area contributed by atoms with Gasteiger partial charge in [-0.05, 0) is 54.9 Å². The summed E-state index contributed by atoms with van der Waals surface area (Å²) in [5, 5.41) is 5.79. The van der Waals surface area contributed by atoms with E-state index in [-0.39, 0.29) is 16.5 Å². The van der Waals surface area contributed by atoms with E-state index in [9.17, 15) is 9.59 Å². The van der Waals surface area contributed by atoms with Crippen molar-refractivity contribution in [3.05, 3.63) is 63.2 Å². The number of amides is 2. The van der Waals surface area contributed by atoms with Crippen LogP contribution >= 0.6 is 22.6 Å². The molecule has 0 aliphatic carbocycles. The minimum atomic E-state index is -0.438. The standard InChI is InChI=1S/C11H15IN2O.C11H15N2O.CH3.FH.Sn/c1-14(2)7-6-13-11(15)9-4-3-5-10(12)8-9;1-13(2)9-8-12-11(14)10-6-4-3-5-7-10;;;/h3-5,8H,6-7H2,1-2H3,(H,13,15);3-4,6-7H,8-9H2,1-2H3,(H,12,14);1H3;1H;. The van der Waals surface area contributed by atoms with E-state index < -0.39 is 21.1 Å². The van der Waals surface area contributed by atoms with Gasteiger partial charge in [0.15, 0.2) is 0 Å². The normalized spacial score (nSPS) is 10.1. The number of carbonyl (C=O) groups excluding carboxylic acids is 2. The number of carbonyl (C=O) groups is 2. The van der Waals surface area contributed by atoms with Crippen molar-refractivity contribution in [1.29, 1.82) is 0 Å². The van der Waals surface area contributed by atoms with Crippen LogP contribution in [-0.2, 0) is 0 Å². The molecule has 2 aromatic carbocycles. The molecule has 2 radical (unpaired) electrons. The van der Waals surface area contributed by atoms with Gasteiger partial charge in [-0.3, -0.25) is 9.50 Å². The van der Waals surface area contributed by atoms with Crippen molar-refractivity contribution in [2.24, 2.45) is 0 Å². The molecule has 0 heterocycles. The van der Waals surface area contributed by atoms with Crippen LogP contribution in [0.25, 0.3) is 0 Å². The Balaban J connectivity index is 0.000000584. The molecule has 6 nitrogen and oxygen atoms in total. The van der Waals surface area contributed by atoms with Crippen LogP contribution < -0.4 is 14.2 Å². The van der Waals surface area contributed by atoms with Crippen molar-refractivity contribution < 1.29 is 14.3 Å². The van der Waals surface area contributed by atoms with E-state index in [2.05, 4.69) is 49.1 Å². The monoisotopic (exact) mass is 664 g/mol. The Bertz CT molecular complexity index is 837. The zero-order valence-corrected chi connectivity index (χ0v) is 24.5. The molecule has 2 aromatic rings. The first-order valence-electron chi connectivity index (χ1n) is 10.1. The van der Waals surface area contributed by atoms with Crippen molar-refractivity contribution in [3.8, 4) is 0 Å². The molecule has 2 N–H and O–H groups in total. The van der Waals surface area contributed by atoms with Gasteiger partial charge in [0.2, 0.25) is 0 Å². The molecule has 0 saturated heterocycles. The molecule has 0 unspecified atom stereocenters.